The molecule has 0 spiro atoms. The molecule has 1 aliphatic heterocycles. The number of fused-ring (bicyclic) bond motifs is 3. The van der Waals surface area contributed by atoms with Gasteiger partial charge in [0.15, 0.2) is 5.82 Å². The summed E-state index contributed by atoms with van der Waals surface area (Å²) < 4.78 is 11.5. The number of nitrogens with zero attached hydrogens (tertiary/aromatic N) is 4. The molecule has 11 nitrogen and oxygen atoms in total. The lowest BCUT2D eigenvalue weighted by atomic mass is 10.2. The Labute approximate surface area is 205 Å². The van der Waals surface area contributed by atoms with Crippen molar-refractivity contribution in [2.75, 3.05) is 29.2 Å². The van der Waals surface area contributed by atoms with Gasteiger partial charge in [0, 0.05) is 12.3 Å². The van der Waals surface area contributed by atoms with Crippen LogP contribution in [0, 0.1) is 11.3 Å². The molecule has 4 rings (SSSR count). The Morgan fingerprint density at radius 3 is 2.71 bits per heavy atom. The van der Waals surface area contributed by atoms with E-state index in [0.717, 1.165) is 6.42 Å². The number of nitrogens with one attached hydrogen (secondary N) is 3. The van der Waals surface area contributed by atoms with Crippen LogP contribution < -0.4 is 25.4 Å². The SMILES string of the molecule is N#Cc1ncc2nc1OCCCCCOc1cc(NC(=O)c3ccccn3)c(Cl)cc1NC(=O)N2. The fourth-order valence-electron chi connectivity index (χ4n) is 3.16. The third-order valence-electron chi connectivity index (χ3n) is 4.84. The number of carbonyl (C=O) groups is 2. The maximum atomic E-state index is 12.6. The van der Waals surface area contributed by atoms with Crippen LogP contribution in [0.5, 0.6) is 11.6 Å². The first kappa shape index (κ1) is 23.7. The van der Waals surface area contributed by atoms with E-state index < -0.39 is 11.9 Å². The van der Waals surface area contributed by atoms with Crippen molar-refractivity contribution in [1.82, 2.24) is 15.0 Å². The van der Waals surface area contributed by atoms with Crippen LogP contribution in [0.4, 0.5) is 22.0 Å². The van der Waals surface area contributed by atoms with Gasteiger partial charge in [-0.3, -0.25) is 15.1 Å². The maximum Gasteiger partial charge on any atom is 0.325 e. The van der Waals surface area contributed by atoms with Gasteiger partial charge in [-0.15, -0.1) is 0 Å². The monoisotopic (exact) mass is 493 g/mol. The van der Waals surface area contributed by atoms with Crippen LogP contribution in [0.3, 0.4) is 0 Å². The molecule has 0 atom stereocenters. The zero-order valence-electron chi connectivity index (χ0n) is 18.4. The van der Waals surface area contributed by atoms with Gasteiger partial charge in [-0.05, 0) is 37.5 Å². The van der Waals surface area contributed by atoms with Crippen molar-refractivity contribution in [2.45, 2.75) is 19.3 Å². The van der Waals surface area contributed by atoms with E-state index in [1.54, 1.807) is 24.3 Å². The third-order valence-corrected chi connectivity index (χ3v) is 5.15. The van der Waals surface area contributed by atoms with E-state index >= 15 is 0 Å². The van der Waals surface area contributed by atoms with E-state index in [0.29, 0.717) is 37.5 Å². The zero-order chi connectivity index (χ0) is 24.6. The molecule has 3 aromatic rings. The first-order chi connectivity index (χ1) is 17.0. The van der Waals surface area contributed by atoms with Crippen molar-refractivity contribution in [3.8, 4) is 17.7 Å². The average molecular weight is 494 g/mol. The average Bonchev–Trinajstić information content (AvgIpc) is 2.86. The van der Waals surface area contributed by atoms with Gasteiger partial charge in [0.25, 0.3) is 11.8 Å². The van der Waals surface area contributed by atoms with E-state index in [4.69, 9.17) is 21.1 Å². The summed E-state index contributed by atoms with van der Waals surface area (Å²) in [7, 11) is 0. The van der Waals surface area contributed by atoms with Gasteiger partial charge in [0.05, 0.1) is 35.8 Å². The van der Waals surface area contributed by atoms with Gasteiger partial charge in [0.2, 0.25) is 5.69 Å². The Morgan fingerprint density at radius 2 is 1.94 bits per heavy atom. The number of hydrogen-bond acceptors (Lipinski definition) is 8. The number of halogens is 1. The van der Waals surface area contributed by atoms with Crippen molar-refractivity contribution in [2.24, 2.45) is 0 Å². The second kappa shape index (κ2) is 11.1. The summed E-state index contributed by atoms with van der Waals surface area (Å²) in [6.07, 6.45) is 4.95. The summed E-state index contributed by atoms with van der Waals surface area (Å²) in [6, 6.07) is 9.28. The fourth-order valence-corrected chi connectivity index (χ4v) is 3.37. The molecule has 178 valence electrons. The number of anilines is 3. The Kier molecular flexibility index (Phi) is 7.54. The number of benzene rings is 1. The quantitative estimate of drug-likeness (QED) is 0.479. The van der Waals surface area contributed by atoms with Crippen molar-refractivity contribution >= 4 is 40.7 Å². The van der Waals surface area contributed by atoms with Crippen LogP contribution in [0.25, 0.3) is 0 Å². The summed E-state index contributed by atoms with van der Waals surface area (Å²) in [5.41, 5.74) is 0.845. The van der Waals surface area contributed by atoms with Crippen LogP contribution in [0.2, 0.25) is 5.02 Å². The van der Waals surface area contributed by atoms with Gasteiger partial charge in [-0.25, -0.2) is 9.78 Å². The molecule has 1 aliphatic rings. The molecular formula is C23H20ClN7O4. The lowest BCUT2D eigenvalue weighted by Crippen LogP contribution is -2.21. The van der Waals surface area contributed by atoms with Gasteiger partial charge >= 0.3 is 6.03 Å². The number of aromatic nitrogens is 3. The van der Waals surface area contributed by atoms with E-state index in [2.05, 4.69) is 30.9 Å². The van der Waals surface area contributed by atoms with E-state index in [-0.39, 0.29) is 33.8 Å². The molecule has 2 aromatic heterocycles. The predicted molar refractivity (Wildman–Crippen MR) is 128 cm³/mol. The van der Waals surface area contributed by atoms with Crippen LogP contribution >= 0.6 is 11.6 Å². The molecule has 35 heavy (non-hydrogen) atoms. The summed E-state index contributed by atoms with van der Waals surface area (Å²) in [6.45, 7) is 0.678. The minimum atomic E-state index is -0.643. The summed E-state index contributed by atoms with van der Waals surface area (Å²) >= 11 is 6.39. The first-order valence-corrected chi connectivity index (χ1v) is 11.1. The number of urea groups is 1. The molecule has 0 aliphatic carbocycles. The third kappa shape index (κ3) is 6.13. The van der Waals surface area contributed by atoms with Gasteiger partial charge < -0.3 is 20.1 Å². The highest BCUT2D eigenvalue weighted by Gasteiger charge is 2.17. The summed E-state index contributed by atoms with van der Waals surface area (Å²) in [4.78, 5) is 37.3. The number of rotatable bonds is 2. The normalized spacial score (nSPS) is 13.8. The maximum absolute atomic E-state index is 12.6. The second-order valence-corrected chi connectivity index (χ2v) is 7.76. The number of nitriles is 1. The molecule has 0 radical (unpaired) electrons. The fraction of sp³-hybridized carbons (Fsp3) is 0.217. The minimum Gasteiger partial charge on any atom is -0.491 e. The largest absolute Gasteiger partial charge is 0.491 e. The van der Waals surface area contributed by atoms with E-state index in [9.17, 15) is 14.9 Å². The topological polar surface area (TPSA) is 151 Å². The Morgan fingerprint density at radius 1 is 1.11 bits per heavy atom. The molecule has 12 heteroatoms. The van der Waals surface area contributed by atoms with Gasteiger partial charge in [-0.1, -0.05) is 17.7 Å². The Hall–Kier alpha value is -4.43. The van der Waals surface area contributed by atoms with Crippen LogP contribution in [-0.2, 0) is 0 Å². The number of ether oxygens (including phenoxy) is 2. The molecule has 0 unspecified atom stereocenters. The van der Waals surface area contributed by atoms with E-state index in [1.807, 2.05) is 6.07 Å². The molecule has 3 amide bonds. The van der Waals surface area contributed by atoms with Crippen LogP contribution in [0.1, 0.15) is 35.4 Å². The van der Waals surface area contributed by atoms with Crippen molar-refractivity contribution in [3.05, 3.63) is 59.1 Å². The number of hydrogen-bond donors (Lipinski definition) is 3. The van der Waals surface area contributed by atoms with Gasteiger partial charge in [0.1, 0.15) is 17.5 Å². The Balaban J connectivity index is 1.59. The smallest absolute Gasteiger partial charge is 0.325 e. The summed E-state index contributed by atoms with van der Waals surface area (Å²) in [5.74, 6) is 0.0245. The molecule has 0 fully saturated rings. The molecule has 1 aromatic carbocycles. The predicted octanol–water partition coefficient (Wildman–Crippen LogP) is 4.23. The molecular weight excluding hydrogens is 474 g/mol. The second-order valence-electron chi connectivity index (χ2n) is 7.35. The highest BCUT2D eigenvalue weighted by molar-refractivity contribution is 6.34. The molecule has 3 heterocycles. The molecule has 0 saturated heterocycles. The van der Waals surface area contributed by atoms with Crippen LogP contribution in [0.15, 0.2) is 42.7 Å². The highest BCUT2D eigenvalue weighted by Crippen LogP contribution is 2.35. The zero-order valence-corrected chi connectivity index (χ0v) is 19.1. The lowest BCUT2D eigenvalue weighted by Gasteiger charge is -2.16. The van der Waals surface area contributed by atoms with Gasteiger partial charge in [-0.2, -0.15) is 10.2 Å². The first-order valence-electron chi connectivity index (χ1n) is 10.7. The lowest BCUT2D eigenvalue weighted by molar-refractivity contribution is 0.102. The molecule has 3 N–H and O–H groups in total. The standard InChI is InChI=1S/C23H20ClN7O4/c24-14-10-17-19(11-16(14)28-21(32)15-6-2-3-7-26-15)34-8-4-1-5-9-35-22-18(12-25)27-13-20(30-22)31-23(33)29-17/h2-3,6-7,10-11,13H,1,4-5,8-9H2,(H,28,32)(H2,29,30,31,33). The highest BCUT2D eigenvalue weighted by atomic mass is 35.5. The minimum absolute atomic E-state index is 0.0287. The summed E-state index contributed by atoms with van der Waals surface area (Å²) in [5, 5.41) is 17.3. The number of amides is 3. The number of carbonyl (C=O) groups excluding carboxylic acids is 2. The van der Waals surface area contributed by atoms with E-state index in [1.165, 1.54) is 18.5 Å². The number of pyridine rings is 1. The molecule has 2 bridgehead atoms. The Bertz CT molecular complexity index is 1280. The van der Waals surface area contributed by atoms with Crippen molar-refractivity contribution in [3.63, 3.8) is 0 Å². The molecule has 0 saturated carbocycles. The van der Waals surface area contributed by atoms with Crippen LogP contribution in [-0.4, -0.2) is 40.1 Å². The van der Waals surface area contributed by atoms with Crippen molar-refractivity contribution < 1.29 is 19.1 Å². The van der Waals surface area contributed by atoms with Crippen molar-refractivity contribution in [1.29, 1.82) is 5.26 Å².